The molecule has 7 nitrogen and oxygen atoms in total. The van der Waals surface area contributed by atoms with E-state index < -0.39 is 0 Å². The van der Waals surface area contributed by atoms with Gasteiger partial charge in [-0.15, -0.1) is 0 Å². The van der Waals surface area contributed by atoms with Gasteiger partial charge in [0, 0.05) is 18.6 Å². The summed E-state index contributed by atoms with van der Waals surface area (Å²) in [5.74, 6) is 0.170. The van der Waals surface area contributed by atoms with Crippen molar-refractivity contribution in [2.45, 2.75) is 13.0 Å². The van der Waals surface area contributed by atoms with E-state index in [4.69, 9.17) is 10.5 Å². The van der Waals surface area contributed by atoms with Crippen LogP contribution >= 0.6 is 0 Å². The highest BCUT2D eigenvalue weighted by molar-refractivity contribution is 6.02. The molecular formula is C27H24N4O3. The number of carbonyl (C=O) groups is 1. The molecule has 0 amide bonds. The lowest BCUT2D eigenvalue weighted by atomic mass is 9.98. The monoisotopic (exact) mass is 452 g/mol. The van der Waals surface area contributed by atoms with Crippen molar-refractivity contribution in [1.29, 1.82) is 0 Å². The summed E-state index contributed by atoms with van der Waals surface area (Å²) in [5, 5.41) is 1.89. The van der Waals surface area contributed by atoms with Crippen molar-refractivity contribution >= 4 is 33.6 Å². The van der Waals surface area contributed by atoms with Crippen molar-refractivity contribution in [3.63, 3.8) is 0 Å². The highest BCUT2D eigenvalue weighted by Gasteiger charge is 2.16. The Labute approximate surface area is 196 Å². The molecule has 2 aromatic heterocycles. The number of hydrogen-bond donors (Lipinski definition) is 1. The molecule has 170 valence electrons. The van der Waals surface area contributed by atoms with Crippen molar-refractivity contribution in [2.75, 3.05) is 12.8 Å². The van der Waals surface area contributed by atoms with Crippen molar-refractivity contribution < 1.29 is 9.53 Å². The summed E-state index contributed by atoms with van der Waals surface area (Å²) in [5.41, 5.74) is 11.4. The third-order valence-corrected chi connectivity index (χ3v) is 6.30. The SMILES string of the molecule is COC(=O)Cc1ccccc1Cn1c(=O)n(C)c2ccc(-c3cccc4c(N)nccc34)cc21. The summed E-state index contributed by atoms with van der Waals surface area (Å²) in [6.07, 6.45) is 1.86. The van der Waals surface area contributed by atoms with Gasteiger partial charge in [-0.05, 0) is 45.8 Å². The van der Waals surface area contributed by atoms with Crippen LogP contribution in [0.15, 0.2) is 77.7 Å². The average molecular weight is 453 g/mol. The van der Waals surface area contributed by atoms with E-state index >= 15 is 0 Å². The Morgan fingerprint density at radius 2 is 1.76 bits per heavy atom. The zero-order valence-electron chi connectivity index (χ0n) is 19.0. The Balaban J connectivity index is 1.66. The summed E-state index contributed by atoms with van der Waals surface area (Å²) in [6, 6.07) is 21.5. The Hall–Kier alpha value is -4.39. The Kier molecular flexibility index (Phi) is 5.37. The molecule has 0 radical (unpaired) electrons. The number of anilines is 1. The third kappa shape index (κ3) is 3.61. The lowest BCUT2D eigenvalue weighted by Gasteiger charge is -2.11. The third-order valence-electron chi connectivity index (χ3n) is 6.30. The molecule has 0 aliphatic carbocycles. The van der Waals surface area contributed by atoms with E-state index in [9.17, 15) is 9.59 Å². The molecule has 0 spiro atoms. The number of methoxy groups -OCH3 is 1. The van der Waals surface area contributed by atoms with Crippen LogP contribution in [0.1, 0.15) is 11.1 Å². The van der Waals surface area contributed by atoms with Gasteiger partial charge < -0.3 is 10.5 Å². The molecule has 7 heteroatoms. The van der Waals surface area contributed by atoms with Gasteiger partial charge in [-0.25, -0.2) is 9.78 Å². The summed E-state index contributed by atoms with van der Waals surface area (Å²) >= 11 is 0. The van der Waals surface area contributed by atoms with Crippen LogP contribution in [0.3, 0.4) is 0 Å². The van der Waals surface area contributed by atoms with Crippen LogP contribution in [-0.4, -0.2) is 27.2 Å². The number of aromatic nitrogens is 3. The van der Waals surface area contributed by atoms with E-state index in [1.54, 1.807) is 22.4 Å². The number of ether oxygens (including phenoxy) is 1. The van der Waals surface area contributed by atoms with Gasteiger partial charge in [0.2, 0.25) is 0 Å². The number of benzene rings is 3. The van der Waals surface area contributed by atoms with E-state index in [1.807, 2.05) is 66.7 Å². The van der Waals surface area contributed by atoms with Crippen molar-refractivity contribution in [3.05, 3.63) is 94.5 Å². The molecule has 0 aliphatic heterocycles. The highest BCUT2D eigenvalue weighted by atomic mass is 16.5. The van der Waals surface area contributed by atoms with Gasteiger partial charge in [-0.1, -0.05) is 48.5 Å². The molecule has 0 saturated carbocycles. The van der Waals surface area contributed by atoms with Crippen LogP contribution in [0, 0.1) is 0 Å². The maximum Gasteiger partial charge on any atom is 0.329 e. The van der Waals surface area contributed by atoms with E-state index in [0.717, 1.165) is 44.1 Å². The molecule has 34 heavy (non-hydrogen) atoms. The fraction of sp³-hybridized carbons (Fsp3) is 0.148. The topological polar surface area (TPSA) is 92.1 Å². The quantitative estimate of drug-likeness (QED) is 0.408. The summed E-state index contributed by atoms with van der Waals surface area (Å²) in [6.45, 7) is 0.346. The molecule has 5 rings (SSSR count). The van der Waals surface area contributed by atoms with Crippen LogP contribution < -0.4 is 11.4 Å². The Bertz CT molecular complexity index is 1610. The van der Waals surface area contributed by atoms with E-state index in [0.29, 0.717) is 12.4 Å². The normalized spacial score (nSPS) is 11.2. The van der Waals surface area contributed by atoms with Gasteiger partial charge >= 0.3 is 11.7 Å². The molecule has 2 heterocycles. The Morgan fingerprint density at radius 1 is 0.971 bits per heavy atom. The standard InChI is InChI=1S/C27H24N4O3/c1-30-23-11-10-18(20-8-5-9-22-21(20)12-13-29-26(22)28)14-24(23)31(27(30)33)16-19-7-4-3-6-17(19)15-25(32)34-2/h3-14H,15-16H2,1-2H3,(H2,28,29). The first-order valence-electron chi connectivity index (χ1n) is 10.9. The van der Waals surface area contributed by atoms with E-state index in [2.05, 4.69) is 4.98 Å². The minimum absolute atomic E-state index is 0.119. The minimum Gasteiger partial charge on any atom is -0.469 e. The number of pyridine rings is 1. The fourth-order valence-electron chi connectivity index (χ4n) is 4.49. The number of nitrogen functional groups attached to an aromatic ring is 1. The summed E-state index contributed by atoms with van der Waals surface area (Å²) in [4.78, 5) is 29.3. The number of aryl methyl sites for hydroxylation is 1. The van der Waals surface area contributed by atoms with Crippen molar-refractivity contribution in [2.24, 2.45) is 7.05 Å². The lowest BCUT2D eigenvalue weighted by molar-refractivity contribution is -0.139. The summed E-state index contributed by atoms with van der Waals surface area (Å²) in [7, 11) is 3.14. The fourth-order valence-corrected chi connectivity index (χ4v) is 4.49. The van der Waals surface area contributed by atoms with E-state index in [1.165, 1.54) is 7.11 Å². The number of imidazole rings is 1. The number of esters is 1. The number of hydrogen-bond acceptors (Lipinski definition) is 5. The molecule has 0 unspecified atom stereocenters. The van der Waals surface area contributed by atoms with Gasteiger partial charge in [0.15, 0.2) is 0 Å². The first-order chi connectivity index (χ1) is 16.5. The minimum atomic E-state index is -0.315. The second-order valence-corrected chi connectivity index (χ2v) is 8.25. The molecule has 0 aliphatic rings. The number of rotatable bonds is 5. The Morgan fingerprint density at radius 3 is 2.56 bits per heavy atom. The predicted octanol–water partition coefficient (Wildman–Crippen LogP) is 3.90. The first-order valence-corrected chi connectivity index (χ1v) is 10.9. The lowest BCUT2D eigenvalue weighted by Crippen LogP contribution is -2.23. The molecule has 0 atom stereocenters. The van der Waals surface area contributed by atoms with Gasteiger partial charge in [-0.2, -0.15) is 0 Å². The second-order valence-electron chi connectivity index (χ2n) is 8.25. The number of nitrogens with zero attached hydrogens (tertiary/aromatic N) is 3. The molecule has 5 aromatic rings. The van der Waals surface area contributed by atoms with Crippen LogP contribution in [0.4, 0.5) is 5.82 Å². The predicted molar refractivity (Wildman–Crippen MR) is 134 cm³/mol. The van der Waals surface area contributed by atoms with Gasteiger partial charge in [0.05, 0.1) is 31.1 Å². The average Bonchev–Trinajstić information content (AvgIpc) is 3.09. The molecule has 3 aromatic carbocycles. The van der Waals surface area contributed by atoms with Crippen LogP contribution in [0.2, 0.25) is 0 Å². The van der Waals surface area contributed by atoms with Crippen molar-refractivity contribution in [3.8, 4) is 11.1 Å². The number of fused-ring (bicyclic) bond motifs is 2. The van der Waals surface area contributed by atoms with Gasteiger partial charge in [-0.3, -0.25) is 13.9 Å². The highest BCUT2D eigenvalue weighted by Crippen LogP contribution is 2.32. The van der Waals surface area contributed by atoms with Crippen LogP contribution in [0.5, 0.6) is 0 Å². The van der Waals surface area contributed by atoms with Crippen molar-refractivity contribution in [1.82, 2.24) is 14.1 Å². The molecular weight excluding hydrogens is 428 g/mol. The number of nitrogens with two attached hydrogens (primary N) is 1. The number of carbonyl (C=O) groups excluding carboxylic acids is 1. The van der Waals surface area contributed by atoms with Crippen LogP contribution in [0.25, 0.3) is 32.9 Å². The molecule has 0 saturated heterocycles. The zero-order valence-corrected chi connectivity index (χ0v) is 19.0. The van der Waals surface area contributed by atoms with E-state index in [-0.39, 0.29) is 18.1 Å². The van der Waals surface area contributed by atoms with Gasteiger partial charge in [0.1, 0.15) is 5.82 Å². The van der Waals surface area contributed by atoms with Gasteiger partial charge in [0.25, 0.3) is 0 Å². The summed E-state index contributed by atoms with van der Waals surface area (Å²) < 4.78 is 8.23. The maximum absolute atomic E-state index is 13.2. The largest absolute Gasteiger partial charge is 0.469 e. The zero-order chi connectivity index (χ0) is 23.8. The smallest absolute Gasteiger partial charge is 0.329 e. The molecule has 0 fully saturated rings. The first kappa shape index (κ1) is 21.5. The second kappa shape index (κ2) is 8.51. The maximum atomic E-state index is 13.2. The molecule has 2 N–H and O–H groups in total. The molecule has 0 bridgehead atoms. The van der Waals surface area contributed by atoms with Crippen LogP contribution in [-0.2, 0) is 29.5 Å².